The average molecular weight is 532 g/mol. The smallest absolute Gasteiger partial charge is 0.328 e. The average Bonchev–Trinajstić information content (AvgIpc) is 3.27. The first-order valence-corrected chi connectivity index (χ1v) is 14.9. The molecular formula is C28H41N3O5S. The Kier molecular flexibility index (Phi) is 11.2. The van der Waals surface area contributed by atoms with Crippen molar-refractivity contribution in [2.75, 3.05) is 32.1 Å². The van der Waals surface area contributed by atoms with E-state index in [1.807, 2.05) is 43.3 Å². The Balaban J connectivity index is 1.24. The number of hydrogen-bond acceptors (Lipinski definition) is 6. The molecule has 1 heterocycles. The summed E-state index contributed by atoms with van der Waals surface area (Å²) in [6.45, 7) is 0.829. The van der Waals surface area contributed by atoms with Gasteiger partial charge in [0.1, 0.15) is 6.04 Å². The SMILES string of the molecule is CN(C)c1cccc2c(S(=O)(=O)NCCCCCCCCCCCC(=O)N[C@H]3CCOC3=O)cccc12. The van der Waals surface area contributed by atoms with Crippen LogP contribution < -0.4 is 14.9 Å². The number of cyclic esters (lactones) is 1. The molecule has 1 amide bonds. The van der Waals surface area contributed by atoms with Gasteiger partial charge in [-0.2, -0.15) is 0 Å². The summed E-state index contributed by atoms with van der Waals surface area (Å²) in [6.07, 6.45) is 10.3. The molecular weight excluding hydrogens is 490 g/mol. The molecule has 2 N–H and O–H groups in total. The van der Waals surface area contributed by atoms with E-state index in [2.05, 4.69) is 10.0 Å². The number of ether oxygens (including phenoxy) is 1. The highest BCUT2D eigenvalue weighted by atomic mass is 32.2. The second-order valence-electron chi connectivity index (χ2n) is 9.93. The summed E-state index contributed by atoms with van der Waals surface area (Å²) in [5, 5.41) is 4.40. The minimum atomic E-state index is -3.58. The number of sulfonamides is 1. The van der Waals surface area contributed by atoms with Crippen LogP contribution in [0, 0.1) is 0 Å². The lowest BCUT2D eigenvalue weighted by Gasteiger charge is -2.17. The number of carbonyl (C=O) groups is 2. The Morgan fingerprint density at radius 3 is 2.19 bits per heavy atom. The van der Waals surface area contributed by atoms with Gasteiger partial charge in [0.15, 0.2) is 0 Å². The highest BCUT2D eigenvalue weighted by molar-refractivity contribution is 7.89. The molecule has 0 aromatic heterocycles. The highest BCUT2D eigenvalue weighted by Gasteiger charge is 2.27. The van der Waals surface area contributed by atoms with Crippen LogP contribution in [0.2, 0.25) is 0 Å². The van der Waals surface area contributed by atoms with Crippen LogP contribution in [-0.4, -0.2) is 53.6 Å². The standard InChI is InChI=1S/C28H41N3O5S/c1-31(2)25-16-12-15-23-22(25)14-13-17-26(23)37(34,35)29-20-11-9-7-5-3-4-6-8-10-18-27(32)30-24-19-21-36-28(24)33/h12-17,24,29H,3-11,18-21H2,1-2H3,(H,30,32)/t24-/m0/s1. The van der Waals surface area contributed by atoms with E-state index in [1.165, 1.54) is 0 Å². The number of carbonyl (C=O) groups excluding carboxylic acids is 2. The Morgan fingerprint density at radius 1 is 0.919 bits per heavy atom. The molecule has 2 aromatic rings. The Morgan fingerprint density at radius 2 is 1.54 bits per heavy atom. The van der Waals surface area contributed by atoms with Crippen molar-refractivity contribution >= 4 is 38.4 Å². The van der Waals surface area contributed by atoms with Crippen LogP contribution in [0.15, 0.2) is 41.3 Å². The number of unbranched alkanes of at least 4 members (excludes halogenated alkanes) is 8. The number of hydrogen-bond donors (Lipinski definition) is 2. The van der Waals surface area contributed by atoms with Gasteiger partial charge < -0.3 is 15.0 Å². The summed E-state index contributed by atoms with van der Waals surface area (Å²) in [4.78, 5) is 25.6. The second kappa shape index (κ2) is 14.3. The minimum Gasteiger partial charge on any atom is -0.464 e. The molecule has 0 unspecified atom stereocenters. The number of anilines is 1. The lowest BCUT2D eigenvalue weighted by Crippen LogP contribution is -2.37. The molecule has 37 heavy (non-hydrogen) atoms. The summed E-state index contributed by atoms with van der Waals surface area (Å²) < 4.78 is 33.5. The minimum absolute atomic E-state index is 0.0711. The molecule has 1 aliphatic heterocycles. The molecule has 2 aromatic carbocycles. The second-order valence-corrected chi connectivity index (χ2v) is 11.7. The van der Waals surface area contributed by atoms with Crippen LogP contribution in [0.4, 0.5) is 5.69 Å². The van der Waals surface area contributed by atoms with Crippen LogP contribution in [0.1, 0.15) is 70.6 Å². The number of nitrogens with zero attached hydrogens (tertiary/aromatic N) is 1. The zero-order valence-electron chi connectivity index (χ0n) is 22.1. The summed E-state index contributed by atoms with van der Waals surface area (Å²) in [7, 11) is 0.330. The van der Waals surface area contributed by atoms with Gasteiger partial charge in [0.25, 0.3) is 0 Å². The summed E-state index contributed by atoms with van der Waals surface area (Å²) in [5.41, 5.74) is 0.993. The lowest BCUT2D eigenvalue weighted by atomic mass is 10.1. The third-order valence-corrected chi connectivity index (χ3v) is 8.29. The Bertz CT molecular complexity index is 1150. The van der Waals surface area contributed by atoms with Gasteiger partial charge in [0.05, 0.1) is 11.5 Å². The number of fused-ring (bicyclic) bond motifs is 1. The molecule has 0 bridgehead atoms. The van der Waals surface area contributed by atoms with Crippen molar-refractivity contribution in [3.05, 3.63) is 36.4 Å². The first-order chi connectivity index (χ1) is 17.8. The van der Waals surface area contributed by atoms with Gasteiger partial charge in [-0.3, -0.25) is 4.79 Å². The normalized spacial score (nSPS) is 15.6. The van der Waals surface area contributed by atoms with E-state index in [1.54, 1.807) is 12.1 Å². The Labute approximate surface area is 221 Å². The van der Waals surface area contributed by atoms with Gasteiger partial charge in [-0.25, -0.2) is 17.9 Å². The third-order valence-electron chi connectivity index (χ3n) is 6.77. The summed E-state index contributed by atoms with van der Waals surface area (Å²) in [6, 6.07) is 10.7. The molecule has 1 atom stereocenters. The van der Waals surface area contributed by atoms with Crippen LogP contribution in [0.25, 0.3) is 10.8 Å². The fourth-order valence-electron chi connectivity index (χ4n) is 4.71. The third kappa shape index (κ3) is 8.71. The van der Waals surface area contributed by atoms with Gasteiger partial charge in [-0.05, 0) is 25.0 Å². The maximum absolute atomic E-state index is 13.0. The zero-order chi connectivity index (χ0) is 26.7. The van der Waals surface area contributed by atoms with Gasteiger partial charge in [0.2, 0.25) is 15.9 Å². The van der Waals surface area contributed by atoms with Crippen molar-refractivity contribution in [2.45, 2.75) is 81.6 Å². The van der Waals surface area contributed by atoms with Crippen molar-refractivity contribution < 1.29 is 22.7 Å². The van der Waals surface area contributed by atoms with E-state index in [4.69, 9.17) is 4.74 Å². The number of esters is 1. The van der Waals surface area contributed by atoms with Crippen molar-refractivity contribution in [1.29, 1.82) is 0 Å². The van der Waals surface area contributed by atoms with Crippen LogP contribution >= 0.6 is 0 Å². The van der Waals surface area contributed by atoms with E-state index in [0.29, 0.717) is 30.9 Å². The monoisotopic (exact) mass is 531 g/mol. The van der Waals surface area contributed by atoms with Gasteiger partial charge in [0, 0.05) is 49.9 Å². The molecule has 9 heteroatoms. The van der Waals surface area contributed by atoms with Gasteiger partial charge in [-0.1, -0.05) is 69.2 Å². The predicted molar refractivity (Wildman–Crippen MR) is 147 cm³/mol. The molecule has 1 fully saturated rings. The molecule has 8 nitrogen and oxygen atoms in total. The van der Waals surface area contributed by atoms with E-state index in [9.17, 15) is 18.0 Å². The lowest BCUT2D eigenvalue weighted by molar-refractivity contribution is -0.141. The molecule has 0 spiro atoms. The van der Waals surface area contributed by atoms with Crippen molar-refractivity contribution in [3.63, 3.8) is 0 Å². The first-order valence-electron chi connectivity index (χ1n) is 13.4. The first kappa shape index (κ1) is 28.9. The predicted octanol–water partition coefficient (Wildman–Crippen LogP) is 4.52. The molecule has 1 aliphatic rings. The topological polar surface area (TPSA) is 105 Å². The summed E-state index contributed by atoms with van der Waals surface area (Å²) in [5.74, 6) is -0.396. The fraction of sp³-hybridized carbons (Fsp3) is 0.571. The number of nitrogens with one attached hydrogen (secondary N) is 2. The van der Waals surface area contributed by atoms with Crippen molar-refractivity contribution in [1.82, 2.24) is 10.0 Å². The summed E-state index contributed by atoms with van der Waals surface area (Å²) >= 11 is 0. The largest absolute Gasteiger partial charge is 0.464 e. The van der Waals surface area contributed by atoms with E-state index < -0.39 is 16.1 Å². The van der Waals surface area contributed by atoms with Crippen LogP contribution in [-0.2, 0) is 24.3 Å². The molecule has 0 saturated carbocycles. The molecule has 204 valence electrons. The molecule has 0 radical (unpaired) electrons. The Hall–Kier alpha value is -2.65. The van der Waals surface area contributed by atoms with E-state index in [-0.39, 0.29) is 11.9 Å². The van der Waals surface area contributed by atoms with Gasteiger partial charge in [-0.15, -0.1) is 0 Å². The van der Waals surface area contributed by atoms with Crippen LogP contribution in [0.5, 0.6) is 0 Å². The van der Waals surface area contributed by atoms with E-state index in [0.717, 1.165) is 74.2 Å². The maximum Gasteiger partial charge on any atom is 0.328 e. The van der Waals surface area contributed by atoms with Crippen molar-refractivity contribution in [3.8, 4) is 0 Å². The molecule has 3 rings (SSSR count). The number of rotatable bonds is 16. The number of benzene rings is 2. The fourth-order valence-corrected chi connectivity index (χ4v) is 6.01. The van der Waals surface area contributed by atoms with Crippen molar-refractivity contribution in [2.24, 2.45) is 0 Å². The van der Waals surface area contributed by atoms with E-state index >= 15 is 0 Å². The van der Waals surface area contributed by atoms with Gasteiger partial charge >= 0.3 is 5.97 Å². The highest BCUT2D eigenvalue weighted by Crippen LogP contribution is 2.30. The zero-order valence-corrected chi connectivity index (χ0v) is 22.9. The number of amides is 1. The van der Waals surface area contributed by atoms with Crippen LogP contribution in [0.3, 0.4) is 0 Å². The maximum atomic E-state index is 13.0. The quantitative estimate of drug-likeness (QED) is 0.244. The molecule has 0 aliphatic carbocycles. The molecule has 1 saturated heterocycles.